The largest absolute Gasteiger partial charge is 0.497 e. The van der Waals surface area contributed by atoms with E-state index in [1.807, 2.05) is 54.6 Å². The summed E-state index contributed by atoms with van der Waals surface area (Å²) in [5.41, 5.74) is 2.39. The van der Waals surface area contributed by atoms with Crippen LogP contribution in [0.3, 0.4) is 0 Å². The van der Waals surface area contributed by atoms with Gasteiger partial charge in [0.2, 0.25) is 5.91 Å². The van der Waals surface area contributed by atoms with Gasteiger partial charge in [0.05, 0.1) is 13.7 Å². The first-order valence-corrected chi connectivity index (χ1v) is 8.95. The molecule has 8 heteroatoms. The molecular weight excluding hydrogens is 374 g/mol. The highest BCUT2D eigenvalue weighted by Gasteiger charge is 2.10. The van der Waals surface area contributed by atoms with Crippen molar-refractivity contribution in [2.45, 2.75) is 13.2 Å². The van der Waals surface area contributed by atoms with E-state index in [4.69, 9.17) is 14.0 Å². The molecule has 0 fully saturated rings. The van der Waals surface area contributed by atoms with Gasteiger partial charge in [0.1, 0.15) is 24.6 Å². The first-order chi connectivity index (χ1) is 14.1. The number of aromatic nitrogens is 1. The molecule has 0 aliphatic heterocycles. The molecule has 0 aliphatic carbocycles. The van der Waals surface area contributed by atoms with E-state index in [1.165, 1.54) is 0 Å². The zero-order valence-electron chi connectivity index (χ0n) is 15.9. The Bertz CT molecular complexity index is 938. The van der Waals surface area contributed by atoms with Crippen LogP contribution >= 0.6 is 0 Å². The van der Waals surface area contributed by atoms with Crippen LogP contribution in [0.1, 0.15) is 11.3 Å². The fraction of sp³-hybridized carbons (Fsp3) is 0.190. The summed E-state index contributed by atoms with van der Waals surface area (Å²) in [5, 5.41) is 9.04. The molecule has 3 aromatic rings. The molecule has 29 heavy (non-hydrogen) atoms. The number of amides is 2. The van der Waals surface area contributed by atoms with Crippen LogP contribution in [-0.4, -0.2) is 30.8 Å². The quantitative estimate of drug-likeness (QED) is 0.608. The third kappa shape index (κ3) is 6.10. The predicted octanol–water partition coefficient (Wildman–Crippen LogP) is 2.89. The van der Waals surface area contributed by atoms with E-state index in [1.54, 1.807) is 13.2 Å². The number of hydrogen-bond acceptors (Lipinski definition) is 6. The molecule has 0 atom stereocenters. The van der Waals surface area contributed by atoms with Crippen molar-refractivity contribution >= 4 is 12.0 Å². The van der Waals surface area contributed by atoms with Crippen LogP contribution in [0.25, 0.3) is 11.3 Å². The first-order valence-electron chi connectivity index (χ1n) is 8.95. The number of carbonyl (C=O) groups excluding carboxylic acids is 2. The second-order valence-corrected chi connectivity index (χ2v) is 6.10. The number of methoxy groups -OCH3 is 1. The Kier molecular flexibility index (Phi) is 6.83. The maximum absolute atomic E-state index is 11.9. The Morgan fingerprint density at radius 2 is 1.79 bits per heavy atom. The van der Waals surface area contributed by atoms with Gasteiger partial charge in [0, 0.05) is 11.6 Å². The summed E-state index contributed by atoms with van der Waals surface area (Å²) < 4.78 is 15.4. The SMILES string of the molecule is COc1ccc(-c2cc(CNC(=O)CNC(=O)OCc3ccccc3)on2)cc1. The van der Waals surface area contributed by atoms with Crippen LogP contribution in [0.5, 0.6) is 5.75 Å². The van der Waals surface area contributed by atoms with Crippen molar-refractivity contribution in [2.24, 2.45) is 0 Å². The maximum Gasteiger partial charge on any atom is 0.407 e. The lowest BCUT2D eigenvalue weighted by Crippen LogP contribution is -2.36. The molecule has 0 saturated carbocycles. The summed E-state index contributed by atoms with van der Waals surface area (Å²) in [6.07, 6.45) is -0.662. The standard InChI is InChI=1S/C21H21N3O5/c1-27-17-9-7-16(8-10-17)19-11-18(29-24-19)12-22-20(25)13-23-21(26)28-14-15-5-3-2-4-6-15/h2-11H,12-14H2,1H3,(H,22,25)(H,23,26). The van der Waals surface area contributed by atoms with E-state index < -0.39 is 6.09 Å². The molecule has 150 valence electrons. The number of alkyl carbamates (subject to hydrolysis) is 1. The first kappa shape index (κ1) is 19.9. The summed E-state index contributed by atoms with van der Waals surface area (Å²) in [4.78, 5) is 23.5. The lowest BCUT2D eigenvalue weighted by Gasteiger charge is -2.07. The topological polar surface area (TPSA) is 103 Å². The Balaban J connectivity index is 1.39. The number of ether oxygens (including phenoxy) is 2. The molecular formula is C21H21N3O5. The molecule has 2 N–H and O–H groups in total. The maximum atomic E-state index is 11.9. The minimum atomic E-state index is -0.662. The van der Waals surface area contributed by atoms with Crippen molar-refractivity contribution in [1.29, 1.82) is 0 Å². The highest BCUT2D eigenvalue weighted by atomic mass is 16.5. The van der Waals surface area contributed by atoms with Crippen molar-refractivity contribution in [2.75, 3.05) is 13.7 Å². The fourth-order valence-electron chi connectivity index (χ4n) is 2.47. The molecule has 8 nitrogen and oxygen atoms in total. The zero-order valence-corrected chi connectivity index (χ0v) is 15.9. The van der Waals surface area contributed by atoms with Crippen LogP contribution in [0.15, 0.2) is 65.2 Å². The fourth-order valence-corrected chi connectivity index (χ4v) is 2.47. The van der Waals surface area contributed by atoms with Gasteiger partial charge in [-0.2, -0.15) is 0 Å². The van der Waals surface area contributed by atoms with Gasteiger partial charge in [-0.05, 0) is 29.8 Å². The van der Waals surface area contributed by atoms with Crippen LogP contribution in [0.4, 0.5) is 4.79 Å². The van der Waals surface area contributed by atoms with Crippen molar-refractivity contribution in [1.82, 2.24) is 15.8 Å². The number of nitrogens with zero attached hydrogens (tertiary/aromatic N) is 1. The van der Waals surface area contributed by atoms with Gasteiger partial charge in [0.25, 0.3) is 0 Å². The van der Waals surface area contributed by atoms with Gasteiger partial charge in [-0.15, -0.1) is 0 Å². The van der Waals surface area contributed by atoms with E-state index in [9.17, 15) is 9.59 Å². The minimum Gasteiger partial charge on any atom is -0.497 e. The number of carbonyl (C=O) groups is 2. The third-order valence-corrected chi connectivity index (χ3v) is 4.01. The van der Waals surface area contributed by atoms with Gasteiger partial charge in [-0.25, -0.2) is 4.79 Å². The predicted molar refractivity (Wildman–Crippen MR) is 105 cm³/mol. The lowest BCUT2D eigenvalue weighted by atomic mass is 10.1. The van der Waals surface area contributed by atoms with Crippen LogP contribution in [-0.2, 0) is 22.7 Å². The molecule has 0 radical (unpaired) electrons. The van der Waals surface area contributed by atoms with Crippen molar-refractivity contribution in [3.8, 4) is 17.0 Å². The van der Waals surface area contributed by atoms with Gasteiger partial charge >= 0.3 is 6.09 Å². The summed E-state index contributed by atoms with van der Waals surface area (Å²) in [6, 6.07) is 18.4. The number of nitrogens with one attached hydrogen (secondary N) is 2. The Labute approximate surface area is 167 Å². The normalized spacial score (nSPS) is 10.2. The van der Waals surface area contributed by atoms with Gasteiger partial charge in [0.15, 0.2) is 5.76 Å². The van der Waals surface area contributed by atoms with E-state index in [2.05, 4.69) is 15.8 Å². The average molecular weight is 395 g/mol. The molecule has 1 aromatic heterocycles. The smallest absolute Gasteiger partial charge is 0.407 e. The lowest BCUT2D eigenvalue weighted by molar-refractivity contribution is -0.120. The summed E-state index contributed by atoms with van der Waals surface area (Å²) >= 11 is 0. The number of hydrogen-bond donors (Lipinski definition) is 2. The highest BCUT2D eigenvalue weighted by molar-refractivity contribution is 5.82. The van der Waals surface area contributed by atoms with Gasteiger partial charge < -0.3 is 24.6 Å². The average Bonchev–Trinajstić information content (AvgIpc) is 3.24. The molecule has 0 bridgehead atoms. The van der Waals surface area contributed by atoms with Crippen molar-refractivity contribution < 1.29 is 23.6 Å². The molecule has 0 aliphatic rings. The summed E-state index contributed by atoms with van der Waals surface area (Å²) in [6.45, 7) is 0.0936. The van der Waals surface area contributed by atoms with Crippen LogP contribution < -0.4 is 15.4 Å². The molecule has 0 saturated heterocycles. The molecule has 0 spiro atoms. The molecule has 3 rings (SSSR count). The van der Waals surface area contributed by atoms with Crippen LogP contribution in [0.2, 0.25) is 0 Å². The van der Waals surface area contributed by atoms with E-state index >= 15 is 0 Å². The molecule has 0 unspecified atom stereocenters. The van der Waals surface area contributed by atoms with Crippen molar-refractivity contribution in [3.63, 3.8) is 0 Å². The second kappa shape index (κ2) is 9.93. The second-order valence-electron chi connectivity index (χ2n) is 6.10. The van der Waals surface area contributed by atoms with E-state index in [0.717, 1.165) is 16.9 Å². The zero-order chi connectivity index (χ0) is 20.5. The Hall–Kier alpha value is -3.81. The monoisotopic (exact) mass is 395 g/mol. The van der Waals surface area contributed by atoms with Gasteiger partial charge in [-0.3, -0.25) is 4.79 Å². The van der Waals surface area contributed by atoms with E-state index in [-0.39, 0.29) is 25.6 Å². The molecule has 1 heterocycles. The third-order valence-electron chi connectivity index (χ3n) is 4.01. The highest BCUT2D eigenvalue weighted by Crippen LogP contribution is 2.22. The van der Waals surface area contributed by atoms with Gasteiger partial charge in [-0.1, -0.05) is 35.5 Å². The molecule has 2 aromatic carbocycles. The molecule has 2 amide bonds. The minimum absolute atomic E-state index is 0.139. The summed E-state index contributed by atoms with van der Waals surface area (Å²) in [5.74, 6) is 0.874. The van der Waals surface area contributed by atoms with Crippen LogP contribution in [0, 0.1) is 0 Å². The number of benzene rings is 2. The van der Waals surface area contributed by atoms with Crippen molar-refractivity contribution in [3.05, 3.63) is 72.0 Å². The number of rotatable bonds is 8. The Morgan fingerprint density at radius 3 is 2.52 bits per heavy atom. The van der Waals surface area contributed by atoms with E-state index in [0.29, 0.717) is 11.5 Å². The Morgan fingerprint density at radius 1 is 1.03 bits per heavy atom. The summed E-state index contributed by atoms with van der Waals surface area (Å²) in [7, 11) is 1.60.